The first-order chi connectivity index (χ1) is 8.58. The van der Waals surface area contributed by atoms with Crippen molar-refractivity contribution in [3.05, 3.63) is 29.6 Å². The first-order valence-electron chi connectivity index (χ1n) is 5.98. The molecule has 1 aliphatic carbocycles. The maximum absolute atomic E-state index is 13.0. The molecule has 18 heavy (non-hydrogen) atoms. The van der Waals surface area contributed by atoms with Crippen LogP contribution in [0.5, 0.6) is 5.75 Å². The largest absolute Gasteiger partial charge is 0.507 e. The Morgan fingerprint density at radius 3 is 2.94 bits per heavy atom. The van der Waals surface area contributed by atoms with E-state index >= 15 is 0 Å². The van der Waals surface area contributed by atoms with Crippen LogP contribution in [-0.4, -0.2) is 22.4 Å². The molecule has 0 saturated heterocycles. The molecule has 0 radical (unpaired) electrons. The van der Waals surface area contributed by atoms with Crippen LogP contribution in [0.1, 0.15) is 29.6 Å². The highest BCUT2D eigenvalue weighted by Crippen LogP contribution is 2.31. The Labute approximate surface area is 114 Å². The van der Waals surface area contributed by atoms with Crippen molar-refractivity contribution < 1.29 is 14.3 Å². The second kappa shape index (κ2) is 5.69. The minimum absolute atomic E-state index is 0.0147. The number of carbonyl (C=O) groups excluding carboxylic acids is 1. The molecule has 0 bridgehead atoms. The summed E-state index contributed by atoms with van der Waals surface area (Å²) in [7, 11) is 0. The lowest BCUT2D eigenvalue weighted by Crippen LogP contribution is -2.31. The Morgan fingerprint density at radius 1 is 1.50 bits per heavy atom. The molecular weight excluding hydrogens is 301 g/mol. The van der Waals surface area contributed by atoms with Crippen molar-refractivity contribution in [1.82, 2.24) is 5.32 Å². The lowest BCUT2D eigenvalue weighted by molar-refractivity contribution is 0.0944. The third-order valence-corrected chi connectivity index (χ3v) is 4.50. The van der Waals surface area contributed by atoms with E-state index in [1.807, 2.05) is 0 Å². The Morgan fingerprint density at radius 2 is 2.28 bits per heavy atom. The molecule has 98 valence electrons. The number of phenols is 1. The smallest absolute Gasteiger partial charge is 0.255 e. The zero-order valence-corrected chi connectivity index (χ0v) is 11.4. The van der Waals surface area contributed by atoms with Crippen LogP contribution in [0.25, 0.3) is 0 Å². The Kier molecular flexibility index (Phi) is 4.22. The molecule has 1 amide bonds. The normalized spacial score (nSPS) is 23.0. The van der Waals surface area contributed by atoms with Crippen LogP contribution in [0.2, 0.25) is 0 Å². The van der Waals surface area contributed by atoms with Gasteiger partial charge in [0.15, 0.2) is 0 Å². The van der Waals surface area contributed by atoms with Gasteiger partial charge in [-0.25, -0.2) is 4.39 Å². The van der Waals surface area contributed by atoms with Gasteiger partial charge in [0, 0.05) is 11.4 Å². The Bertz CT molecular complexity index is 453. The SMILES string of the molecule is O=C(NCC1CCCC1Br)c1cc(F)ccc1O. The van der Waals surface area contributed by atoms with Crippen molar-refractivity contribution in [2.75, 3.05) is 6.54 Å². The van der Waals surface area contributed by atoms with E-state index in [1.54, 1.807) is 0 Å². The van der Waals surface area contributed by atoms with Crippen LogP contribution in [0.4, 0.5) is 4.39 Å². The summed E-state index contributed by atoms with van der Waals surface area (Å²) in [6.07, 6.45) is 3.35. The number of nitrogens with one attached hydrogen (secondary N) is 1. The number of hydrogen-bond donors (Lipinski definition) is 2. The van der Waals surface area contributed by atoms with Gasteiger partial charge in [0.1, 0.15) is 11.6 Å². The van der Waals surface area contributed by atoms with Gasteiger partial charge in [0.05, 0.1) is 5.56 Å². The van der Waals surface area contributed by atoms with Crippen molar-refractivity contribution in [3.63, 3.8) is 0 Å². The Balaban J connectivity index is 1.97. The predicted molar refractivity (Wildman–Crippen MR) is 70.5 cm³/mol. The molecule has 0 aliphatic heterocycles. The maximum Gasteiger partial charge on any atom is 0.255 e. The lowest BCUT2D eigenvalue weighted by atomic mass is 10.1. The van der Waals surface area contributed by atoms with Gasteiger partial charge in [-0.2, -0.15) is 0 Å². The molecule has 2 N–H and O–H groups in total. The monoisotopic (exact) mass is 315 g/mol. The summed E-state index contributed by atoms with van der Waals surface area (Å²) >= 11 is 3.58. The highest BCUT2D eigenvalue weighted by atomic mass is 79.9. The van der Waals surface area contributed by atoms with Gasteiger partial charge in [0.2, 0.25) is 0 Å². The molecule has 5 heteroatoms. The van der Waals surface area contributed by atoms with Crippen molar-refractivity contribution in [3.8, 4) is 5.75 Å². The summed E-state index contributed by atoms with van der Waals surface area (Å²) in [6, 6.07) is 3.36. The van der Waals surface area contributed by atoms with Gasteiger partial charge < -0.3 is 10.4 Å². The standard InChI is InChI=1S/C13H15BrFNO2/c14-11-3-1-2-8(11)7-16-13(18)10-6-9(15)4-5-12(10)17/h4-6,8,11,17H,1-3,7H2,(H,16,18). The average molecular weight is 316 g/mol. The second-order valence-electron chi connectivity index (χ2n) is 4.58. The summed E-state index contributed by atoms with van der Waals surface area (Å²) < 4.78 is 13.0. The van der Waals surface area contributed by atoms with Crippen molar-refractivity contribution >= 4 is 21.8 Å². The summed E-state index contributed by atoms with van der Waals surface area (Å²) in [6.45, 7) is 0.546. The third-order valence-electron chi connectivity index (χ3n) is 3.29. The van der Waals surface area contributed by atoms with Crippen molar-refractivity contribution in [1.29, 1.82) is 0 Å². The number of hydrogen-bond acceptors (Lipinski definition) is 2. The molecule has 2 atom stereocenters. The van der Waals surface area contributed by atoms with E-state index in [-0.39, 0.29) is 11.3 Å². The number of rotatable bonds is 3. The fraction of sp³-hybridized carbons (Fsp3) is 0.462. The lowest BCUT2D eigenvalue weighted by Gasteiger charge is -2.15. The molecule has 1 fully saturated rings. The highest BCUT2D eigenvalue weighted by molar-refractivity contribution is 9.09. The van der Waals surface area contributed by atoms with Crippen LogP contribution in [0.15, 0.2) is 18.2 Å². The summed E-state index contributed by atoms with van der Waals surface area (Å²) in [4.78, 5) is 12.3. The number of benzene rings is 1. The molecule has 0 aromatic heterocycles. The highest BCUT2D eigenvalue weighted by Gasteiger charge is 2.25. The van der Waals surface area contributed by atoms with Gasteiger partial charge >= 0.3 is 0 Å². The van der Waals surface area contributed by atoms with Crippen LogP contribution in [0.3, 0.4) is 0 Å². The predicted octanol–water partition coefficient (Wildman–Crippen LogP) is 2.82. The zero-order valence-electron chi connectivity index (χ0n) is 9.83. The third kappa shape index (κ3) is 3.02. The number of amides is 1. The topological polar surface area (TPSA) is 49.3 Å². The molecule has 1 aromatic rings. The number of alkyl halides is 1. The minimum atomic E-state index is -0.530. The second-order valence-corrected chi connectivity index (χ2v) is 5.75. The molecule has 2 unspecified atom stereocenters. The van der Waals surface area contributed by atoms with Gasteiger partial charge in [0.25, 0.3) is 5.91 Å². The van der Waals surface area contributed by atoms with E-state index in [4.69, 9.17) is 0 Å². The van der Waals surface area contributed by atoms with Gasteiger partial charge in [-0.1, -0.05) is 22.4 Å². The molecule has 0 spiro atoms. The van der Waals surface area contributed by atoms with Gasteiger partial charge in [-0.05, 0) is 37.0 Å². The fourth-order valence-electron chi connectivity index (χ4n) is 2.23. The van der Waals surface area contributed by atoms with E-state index < -0.39 is 11.7 Å². The first kappa shape index (κ1) is 13.3. The molecule has 1 saturated carbocycles. The summed E-state index contributed by atoms with van der Waals surface area (Å²) in [5.74, 6) is -0.754. The average Bonchev–Trinajstić information content (AvgIpc) is 2.75. The molecule has 1 aliphatic rings. The fourth-order valence-corrected chi connectivity index (χ4v) is 3.01. The number of aromatic hydroxyl groups is 1. The van der Waals surface area contributed by atoms with E-state index in [1.165, 1.54) is 6.07 Å². The van der Waals surface area contributed by atoms with E-state index in [0.29, 0.717) is 17.3 Å². The number of halogens is 2. The Hall–Kier alpha value is -1.10. The number of carbonyl (C=O) groups is 1. The number of phenolic OH excluding ortho intramolecular Hbond substituents is 1. The van der Waals surface area contributed by atoms with E-state index in [9.17, 15) is 14.3 Å². The molecule has 1 aromatic carbocycles. The van der Waals surface area contributed by atoms with Crippen LogP contribution < -0.4 is 5.32 Å². The maximum atomic E-state index is 13.0. The quantitative estimate of drug-likeness (QED) is 0.843. The summed E-state index contributed by atoms with van der Waals surface area (Å²) in [5, 5.41) is 12.3. The zero-order chi connectivity index (χ0) is 13.1. The molecule has 2 rings (SSSR count). The van der Waals surface area contributed by atoms with Crippen LogP contribution in [0, 0.1) is 11.7 Å². The summed E-state index contributed by atoms with van der Waals surface area (Å²) in [5.41, 5.74) is -0.0147. The van der Waals surface area contributed by atoms with Crippen molar-refractivity contribution in [2.45, 2.75) is 24.1 Å². The van der Waals surface area contributed by atoms with Gasteiger partial charge in [-0.15, -0.1) is 0 Å². The van der Waals surface area contributed by atoms with E-state index in [0.717, 1.165) is 31.4 Å². The molecule has 0 heterocycles. The van der Waals surface area contributed by atoms with Crippen LogP contribution in [-0.2, 0) is 0 Å². The molecule has 3 nitrogen and oxygen atoms in total. The van der Waals surface area contributed by atoms with Crippen LogP contribution >= 0.6 is 15.9 Å². The first-order valence-corrected chi connectivity index (χ1v) is 6.90. The van der Waals surface area contributed by atoms with Gasteiger partial charge in [-0.3, -0.25) is 4.79 Å². The minimum Gasteiger partial charge on any atom is -0.507 e. The van der Waals surface area contributed by atoms with Crippen molar-refractivity contribution in [2.24, 2.45) is 5.92 Å². The van der Waals surface area contributed by atoms with E-state index in [2.05, 4.69) is 21.2 Å². The molecular formula is C13H15BrFNO2.